The lowest BCUT2D eigenvalue weighted by molar-refractivity contribution is 0.192. The molecule has 4 aromatic rings. The first kappa shape index (κ1) is 16.4. The van der Waals surface area contributed by atoms with Gasteiger partial charge in [0.1, 0.15) is 22.1 Å². The summed E-state index contributed by atoms with van der Waals surface area (Å²) >= 11 is 0. The van der Waals surface area contributed by atoms with Gasteiger partial charge in [0.25, 0.3) is 0 Å². The zero-order valence-corrected chi connectivity index (χ0v) is 16.2. The van der Waals surface area contributed by atoms with Crippen LogP contribution in [0.1, 0.15) is 55.9 Å². The molecule has 0 bridgehead atoms. The lowest BCUT2D eigenvalue weighted by Crippen LogP contribution is -2.30. The van der Waals surface area contributed by atoms with Gasteiger partial charge in [-0.05, 0) is 64.5 Å². The summed E-state index contributed by atoms with van der Waals surface area (Å²) in [6.45, 7) is 9.37. The summed E-state index contributed by atoms with van der Waals surface area (Å²) < 4.78 is 0. The molecular weight excluding hydrogens is 336 g/mol. The van der Waals surface area contributed by atoms with Crippen molar-refractivity contribution in [3.63, 3.8) is 0 Å². The maximum Gasteiger partial charge on any atom is 0.116 e. The normalized spacial score (nSPS) is 17.3. The van der Waals surface area contributed by atoms with Crippen LogP contribution in [0.5, 0.6) is 0 Å². The Hall–Kier alpha value is -2.76. The number of hydrogen-bond acceptors (Lipinski definition) is 4. The van der Waals surface area contributed by atoms with Gasteiger partial charge in [0.15, 0.2) is 0 Å². The van der Waals surface area contributed by atoms with Gasteiger partial charge in [-0.25, -0.2) is 0 Å². The molecule has 27 heavy (non-hydrogen) atoms. The molecule has 0 aliphatic heterocycles. The van der Waals surface area contributed by atoms with Crippen molar-refractivity contribution in [2.45, 2.75) is 46.5 Å². The van der Waals surface area contributed by atoms with Crippen molar-refractivity contribution in [1.29, 1.82) is 0 Å². The second-order valence-electron chi connectivity index (χ2n) is 8.63. The molecule has 0 saturated heterocycles. The largest absolute Gasteiger partial charge is 0.197 e. The Bertz CT molecular complexity index is 1150. The molecule has 0 saturated carbocycles. The summed E-state index contributed by atoms with van der Waals surface area (Å²) in [5, 5.41) is 23.3. The molecule has 2 aromatic heterocycles. The van der Waals surface area contributed by atoms with Gasteiger partial charge in [-0.3, -0.25) is 0 Å². The van der Waals surface area contributed by atoms with Crippen LogP contribution >= 0.6 is 0 Å². The summed E-state index contributed by atoms with van der Waals surface area (Å²) in [7, 11) is 0. The summed E-state index contributed by atoms with van der Waals surface area (Å²) in [6.07, 6.45) is 1.82. The van der Waals surface area contributed by atoms with Crippen LogP contribution in [-0.4, -0.2) is 30.8 Å². The first-order valence-electron chi connectivity index (χ1n) is 9.60. The minimum atomic E-state index is 0.0928. The van der Waals surface area contributed by atoms with Gasteiger partial charge < -0.3 is 0 Å². The zero-order chi connectivity index (χ0) is 18.8. The Labute approximate surface area is 157 Å². The highest BCUT2D eigenvalue weighted by atomic mass is 15.3. The number of hydrogen-bond donors (Lipinski definition) is 2. The maximum absolute atomic E-state index is 4.54. The number of nitrogens with zero attached hydrogens (tertiary/aromatic N) is 4. The molecule has 2 N–H and O–H groups in total. The first-order chi connectivity index (χ1) is 13.0. The van der Waals surface area contributed by atoms with E-state index < -0.39 is 0 Å². The zero-order valence-electron chi connectivity index (χ0n) is 16.2. The number of H-pyrrole nitrogens is 2. The molecule has 1 aliphatic carbocycles. The molecule has 2 aromatic carbocycles. The predicted molar refractivity (Wildman–Crippen MR) is 106 cm³/mol. The second-order valence-corrected chi connectivity index (χ2v) is 8.63. The Kier molecular flexibility index (Phi) is 3.41. The van der Waals surface area contributed by atoms with Crippen molar-refractivity contribution in [2.75, 3.05) is 0 Å². The Morgan fingerprint density at radius 3 is 2.22 bits per heavy atom. The number of nitrogens with one attached hydrogen (secondary N) is 2. The van der Waals surface area contributed by atoms with Gasteiger partial charge in [-0.2, -0.15) is 30.8 Å². The molecule has 1 atom stereocenters. The van der Waals surface area contributed by atoms with Crippen LogP contribution in [0.3, 0.4) is 0 Å². The van der Waals surface area contributed by atoms with E-state index in [2.05, 4.69) is 82.8 Å². The standard InChI is InChI=1S/C21H24N6/c1-11(2)21(3,4)15-10-14-12(5-7-16-19(14)24-26-22-16)9-13-6-8-17-20(18(13)15)25-27-23-17/h5-8,11,15H,9-10H2,1-4H3,(H,22,24,26)(H,23,25,27). The number of aromatic nitrogens is 6. The molecule has 6 nitrogen and oxygen atoms in total. The van der Waals surface area contributed by atoms with Crippen molar-refractivity contribution >= 4 is 22.1 Å². The number of aromatic amines is 2. The topological polar surface area (TPSA) is 83.1 Å². The van der Waals surface area contributed by atoms with Crippen molar-refractivity contribution in [1.82, 2.24) is 30.8 Å². The van der Waals surface area contributed by atoms with E-state index in [1.807, 2.05) is 0 Å². The van der Waals surface area contributed by atoms with Gasteiger partial charge >= 0.3 is 0 Å². The summed E-state index contributed by atoms with van der Waals surface area (Å²) in [5.74, 6) is 0.848. The monoisotopic (exact) mass is 360 g/mol. The third kappa shape index (κ3) is 2.32. The van der Waals surface area contributed by atoms with Gasteiger partial charge in [-0.15, -0.1) is 0 Å². The number of rotatable bonds is 2. The van der Waals surface area contributed by atoms with E-state index in [-0.39, 0.29) is 5.41 Å². The summed E-state index contributed by atoms with van der Waals surface area (Å²) in [4.78, 5) is 0. The van der Waals surface area contributed by atoms with Gasteiger partial charge in [0.05, 0.1) is 0 Å². The van der Waals surface area contributed by atoms with Crippen molar-refractivity contribution in [3.05, 3.63) is 46.5 Å². The van der Waals surface area contributed by atoms with Crippen LogP contribution in [0.4, 0.5) is 0 Å². The molecule has 0 fully saturated rings. The minimum Gasteiger partial charge on any atom is -0.197 e. The lowest BCUT2D eigenvalue weighted by Gasteiger charge is -2.39. The minimum absolute atomic E-state index is 0.0928. The molecular formula is C21H24N6. The Morgan fingerprint density at radius 1 is 0.889 bits per heavy atom. The molecule has 0 amide bonds. The van der Waals surface area contributed by atoms with E-state index in [9.17, 15) is 0 Å². The number of benzene rings is 2. The van der Waals surface area contributed by atoms with Crippen LogP contribution in [0.15, 0.2) is 24.3 Å². The highest BCUT2D eigenvalue weighted by Gasteiger charge is 2.39. The van der Waals surface area contributed by atoms with Gasteiger partial charge in [-0.1, -0.05) is 39.8 Å². The van der Waals surface area contributed by atoms with E-state index in [0.29, 0.717) is 11.8 Å². The third-order valence-corrected chi connectivity index (χ3v) is 6.83. The highest BCUT2D eigenvalue weighted by Crippen LogP contribution is 2.49. The van der Waals surface area contributed by atoms with Crippen molar-refractivity contribution in [3.8, 4) is 0 Å². The predicted octanol–water partition coefficient (Wildman–Crippen LogP) is 4.14. The van der Waals surface area contributed by atoms with Crippen molar-refractivity contribution < 1.29 is 0 Å². The van der Waals surface area contributed by atoms with Gasteiger partial charge in [0.2, 0.25) is 0 Å². The summed E-state index contributed by atoms with van der Waals surface area (Å²) in [6, 6.07) is 8.59. The van der Waals surface area contributed by atoms with Crippen molar-refractivity contribution in [2.24, 2.45) is 11.3 Å². The average Bonchev–Trinajstić information content (AvgIpc) is 3.26. The smallest absolute Gasteiger partial charge is 0.116 e. The fourth-order valence-electron chi connectivity index (χ4n) is 4.47. The second kappa shape index (κ2) is 5.62. The SMILES string of the molecule is CC(C)C(C)(C)C1Cc2c(ccc3n[nH]nc23)Cc2ccc3n[nH]nc3c21. The molecule has 6 heteroatoms. The van der Waals surface area contributed by atoms with E-state index >= 15 is 0 Å². The Balaban J connectivity index is 1.82. The average molecular weight is 360 g/mol. The molecule has 5 rings (SSSR count). The van der Waals surface area contributed by atoms with Crippen LogP contribution in [0, 0.1) is 11.3 Å². The third-order valence-electron chi connectivity index (χ3n) is 6.83. The fourth-order valence-corrected chi connectivity index (χ4v) is 4.47. The lowest BCUT2D eigenvalue weighted by atomic mass is 9.65. The molecule has 2 heterocycles. The van der Waals surface area contributed by atoms with E-state index in [1.54, 1.807) is 0 Å². The maximum atomic E-state index is 4.54. The molecule has 1 unspecified atom stereocenters. The quantitative estimate of drug-likeness (QED) is 0.563. The fraction of sp³-hybridized carbons (Fsp3) is 0.429. The van der Waals surface area contributed by atoms with Crippen LogP contribution in [-0.2, 0) is 12.8 Å². The molecule has 0 spiro atoms. The van der Waals surface area contributed by atoms with Crippen LogP contribution in [0.25, 0.3) is 22.1 Å². The highest BCUT2D eigenvalue weighted by molar-refractivity contribution is 5.83. The molecule has 0 radical (unpaired) electrons. The summed E-state index contributed by atoms with van der Waals surface area (Å²) in [5.41, 5.74) is 9.31. The number of fused-ring (bicyclic) bond motifs is 6. The van der Waals surface area contributed by atoms with Crippen LogP contribution in [0.2, 0.25) is 0 Å². The van der Waals surface area contributed by atoms with Gasteiger partial charge in [0, 0.05) is 0 Å². The Morgan fingerprint density at radius 2 is 1.52 bits per heavy atom. The van der Waals surface area contributed by atoms with E-state index in [0.717, 1.165) is 34.9 Å². The van der Waals surface area contributed by atoms with Crippen LogP contribution < -0.4 is 0 Å². The first-order valence-corrected chi connectivity index (χ1v) is 9.60. The van der Waals surface area contributed by atoms with E-state index in [4.69, 9.17) is 0 Å². The molecule has 1 aliphatic rings. The van der Waals surface area contributed by atoms with E-state index in [1.165, 1.54) is 22.3 Å². The molecule has 138 valence electrons.